The number of hydrogen-bond donors (Lipinski definition) is 4. The molecule has 33 heavy (non-hydrogen) atoms. The second-order valence-corrected chi connectivity index (χ2v) is 7.09. The van der Waals surface area contributed by atoms with Crippen molar-refractivity contribution in [3.8, 4) is 22.4 Å². The number of hydrogen-bond acceptors (Lipinski definition) is 5. The average Bonchev–Trinajstić information content (AvgIpc) is 3.32. The Hall–Kier alpha value is -4.24. The first-order valence-electron chi connectivity index (χ1n) is 9.60. The summed E-state index contributed by atoms with van der Waals surface area (Å²) in [5, 5.41) is 11.5. The number of anilines is 1. The molecule has 8 nitrogen and oxygen atoms in total. The summed E-state index contributed by atoms with van der Waals surface area (Å²) in [6, 6.07) is 15.7. The highest BCUT2D eigenvalue weighted by atomic mass is 35.5. The molecule has 2 aromatic carbocycles. The highest BCUT2D eigenvalue weighted by Crippen LogP contribution is 2.34. The van der Waals surface area contributed by atoms with Crippen molar-refractivity contribution in [2.75, 3.05) is 5.73 Å². The number of nitrogens with zero attached hydrogens (tertiary/aromatic N) is 2. The number of carbonyl (C=O) groups is 2. The standard InChI is InChI=1S/C15H10ClFN4O2.C8H9NO/c16-10-3-1-2-8(12(10)17)9-6-20-15(18)21-13(9)7-4-11(14(22)23)19-5-7;10-7-9-6-8-4-2-1-3-5-8/h1-6,19H,(H,22,23)(H2,18,20,21);1-5,7H,6H2,(H,9,10). The Balaban J connectivity index is 0.000000257. The van der Waals surface area contributed by atoms with Gasteiger partial charge in [-0.25, -0.2) is 19.2 Å². The van der Waals surface area contributed by atoms with Crippen molar-refractivity contribution >= 4 is 29.9 Å². The van der Waals surface area contributed by atoms with E-state index in [2.05, 4.69) is 20.3 Å². The Morgan fingerprint density at radius 3 is 2.61 bits per heavy atom. The Kier molecular flexibility index (Phi) is 7.72. The minimum atomic E-state index is -1.12. The van der Waals surface area contributed by atoms with Crippen molar-refractivity contribution in [3.63, 3.8) is 0 Å². The average molecular weight is 468 g/mol. The first-order valence-corrected chi connectivity index (χ1v) is 9.98. The van der Waals surface area contributed by atoms with Gasteiger partial charge in [0.1, 0.15) is 11.5 Å². The third kappa shape index (κ3) is 5.92. The summed E-state index contributed by atoms with van der Waals surface area (Å²) in [4.78, 5) is 31.5. The number of amides is 1. The second kappa shape index (κ2) is 10.9. The Morgan fingerprint density at radius 2 is 1.94 bits per heavy atom. The molecule has 1 amide bonds. The minimum Gasteiger partial charge on any atom is -0.477 e. The van der Waals surface area contributed by atoms with Crippen LogP contribution >= 0.6 is 11.6 Å². The summed E-state index contributed by atoms with van der Waals surface area (Å²) in [5.74, 6) is -1.74. The Labute approximate surface area is 193 Å². The molecule has 0 bridgehead atoms. The van der Waals surface area contributed by atoms with Crippen LogP contribution in [-0.2, 0) is 11.3 Å². The van der Waals surface area contributed by atoms with Gasteiger partial charge in [0.25, 0.3) is 0 Å². The fourth-order valence-corrected chi connectivity index (χ4v) is 3.11. The van der Waals surface area contributed by atoms with E-state index in [1.54, 1.807) is 6.07 Å². The summed E-state index contributed by atoms with van der Waals surface area (Å²) in [5.41, 5.74) is 8.02. The van der Waals surface area contributed by atoms with Crippen molar-refractivity contribution in [2.45, 2.75) is 6.54 Å². The lowest BCUT2D eigenvalue weighted by Crippen LogP contribution is -2.09. The molecular weight excluding hydrogens is 449 g/mol. The molecule has 2 heterocycles. The van der Waals surface area contributed by atoms with Gasteiger partial charge in [-0.1, -0.05) is 54.1 Å². The molecule has 2 aromatic heterocycles. The summed E-state index contributed by atoms with van der Waals surface area (Å²) >= 11 is 5.81. The highest BCUT2D eigenvalue weighted by molar-refractivity contribution is 6.31. The Morgan fingerprint density at radius 1 is 1.18 bits per heavy atom. The van der Waals surface area contributed by atoms with Gasteiger partial charge in [0, 0.05) is 35.6 Å². The predicted molar refractivity (Wildman–Crippen MR) is 123 cm³/mol. The van der Waals surface area contributed by atoms with E-state index < -0.39 is 11.8 Å². The van der Waals surface area contributed by atoms with Crippen LogP contribution in [0.2, 0.25) is 5.02 Å². The van der Waals surface area contributed by atoms with Crippen molar-refractivity contribution in [3.05, 3.63) is 89.1 Å². The van der Waals surface area contributed by atoms with Crippen molar-refractivity contribution in [2.24, 2.45) is 0 Å². The molecule has 0 atom stereocenters. The number of carboxylic acid groups (broad SMARTS) is 1. The fraction of sp³-hybridized carbons (Fsp3) is 0.0435. The molecule has 10 heteroatoms. The van der Waals surface area contributed by atoms with Gasteiger partial charge in [0.15, 0.2) is 0 Å². The third-order valence-corrected chi connectivity index (χ3v) is 4.76. The van der Waals surface area contributed by atoms with Crippen LogP contribution in [0.1, 0.15) is 16.1 Å². The molecule has 0 saturated carbocycles. The van der Waals surface area contributed by atoms with Crippen LogP contribution in [0, 0.1) is 5.82 Å². The zero-order valence-corrected chi connectivity index (χ0v) is 17.9. The number of carboxylic acids is 1. The van der Waals surface area contributed by atoms with Gasteiger partial charge in [-0.15, -0.1) is 0 Å². The summed E-state index contributed by atoms with van der Waals surface area (Å²) < 4.78 is 14.3. The number of rotatable bonds is 6. The zero-order valence-electron chi connectivity index (χ0n) is 17.1. The first kappa shape index (κ1) is 23.4. The number of benzene rings is 2. The summed E-state index contributed by atoms with van der Waals surface area (Å²) in [6.45, 7) is 0.615. The van der Waals surface area contributed by atoms with Gasteiger partial charge in [0.05, 0.1) is 10.7 Å². The van der Waals surface area contributed by atoms with Crippen LogP contribution in [0.3, 0.4) is 0 Å². The van der Waals surface area contributed by atoms with Gasteiger partial charge in [-0.2, -0.15) is 0 Å². The van der Waals surface area contributed by atoms with Crippen molar-refractivity contribution < 1.29 is 19.1 Å². The first-order chi connectivity index (χ1) is 15.9. The minimum absolute atomic E-state index is 0.00994. The lowest BCUT2D eigenvalue weighted by atomic mass is 10.0. The molecule has 4 aromatic rings. The lowest BCUT2D eigenvalue weighted by molar-refractivity contribution is -0.109. The van der Waals surface area contributed by atoms with Crippen LogP contribution in [0.25, 0.3) is 22.4 Å². The van der Waals surface area contributed by atoms with E-state index in [-0.39, 0.29) is 22.2 Å². The van der Waals surface area contributed by atoms with E-state index >= 15 is 0 Å². The van der Waals surface area contributed by atoms with E-state index in [0.717, 1.165) is 5.56 Å². The maximum absolute atomic E-state index is 14.3. The van der Waals surface area contributed by atoms with Gasteiger partial charge in [0.2, 0.25) is 12.4 Å². The van der Waals surface area contributed by atoms with Gasteiger partial charge in [-0.05, 0) is 17.7 Å². The maximum atomic E-state index is 14.3. The van der Waals surface area contributed by atoms with E-state index in [1.165, 1.54) is 30.6 Å². The topological polar surface area (TPSA) is 134 Å². The number of nitrogens with two attached hydrogens (primary N) is 1. The molecule has 0 spiro atoms. The fourth-order valence-electron chi connectivity index (χ4n) is 2.93. The third-order valence-electron chi connectivity index (χ3n) is 4.47. The van der Waals surface area contributed by atoms with Crippen LogP contribution < -0.4 is 11.1 Å². The maximum Gasteiger partial charge on any atom is 0.352 e. The smallest absolute Gasteiger partial charge is 0.352 e. The van der Waals surface area contributed by atoms with E-state index in [1.807, 2.05) is 30.3 Å². The molecule has 168 valence electrons. The molecule has 0 saturated heterocycles. The van der Waals surface area contributed by atoms with Gasteiger partial charge < -0.3 is 21.1 Å². The second-order valence-electron chi connectivity index (χ2n) is 6.68. The van der Waals surface area contributed by atoms with E-state index in [9.17, 15) is 14.0 Å². The van der Waals surface area contributed by atoms with Crippen molar-refractivity contribution in [1.29, 1.82) is 0 Å². The molecule has 4 rings (SSSR count). The largest absolute Gasteiger partial charge is 0.477 e. The molecule has 5 N–H and O–H groups in total. The molecule has 0 radical (unpaired) electrons. The molecule has 0 aliphatic rings. The number of aromatic amines is 1. The molecule has 0 aliphatic carbocycles. The van der Waals surface area contributed by atoms with Crippen LogP contribution in [0.5, 0.6) is 0 Å². The Bertz CT molecular complexity index is 1260. The monoisotopic (exact) mass is 467 g/mol. The molecular formula is C23H19ClFN5O3. The number of aromatic carboxylic acids is 1. The number of aromatic nitrogens is 3. The van der Waals surface area contributed by atoms with Crippen LogP contribution in [0.15, 0.2) is 67.0 Å². The zero-order chi connectivity index (χ0) is 23.8. The van der Waals surface area contributed by atoms with Gasteiger partial charge in [-0.3, -0.25) is 4.79 Å². The number of carbonyl (C=O) groups excluding carboxylic acids is 1. The quantitative estimate of drug-likeness (QED) is 0.315. The highest BCUT2D eigenvalue weighted by Gasteiger charge is 2.18. The number of H-pyrrole nitrogens is 1. The predicted octanol–water partition coefficient (Wildman–Crippen LogP) is 4.14. The number of nitrogens with one attached hydrogen (secondary N) is 2. The molecule has 0 fully saturated rings. The summed E-state index contributed by atoms with van der Waals surface area (Å²) in [6.07, 6.45) is 3.53. The van der Waals surface area contributed by atoms with E-state index in [0.29, 0.717) is 29.8 Å². The molecule has 0 unspecified atom stereocenters. The molecule has 0 aliphatic heterocycles. The lowest BCUT2D eigenvalue weighted by Gasteiger charge is -2.09. The number of nitrogen functional groups attached to an aromatic ring is 1. The summed E-state index contributed by atoms with van der Waals surface area (Å²) in [7, 11) is 0. The SMILES string of the molecule is Nc1ncc(-c2cccc(Cl)c2F)c(-c2c[nH]c(C(=O)O)c2)n1.O=CNCc1ccccc1. The van der Waals surface area contributed by atoms with E-state index in [4.69, 9.17) is 22.4 Å². The normalized spacial score (nSPS) is 10.1. The van der Waals surface area contributed by atoms with Crippen molar-refractivity contribution in [1.82, 2.24) is 20.3 Å². The number of halogens is 2. The van der Waals surface area contributed by atoms with Gasteiger partial charge >= 0.3 is 5.97 Å². The van der Waals surface area contributed by atoms with Crippen LogP contribution in [0.4, 0.5) is 10.3 Å². The van der Waals surface area contributed by atoms with Crippen LogP contribution in [-0.4, -0.2) is 32.4 Å².